The van der Waals surface area contributed by atoms with Crippen LogP contribution in [0.5, 0.6) is 0 Å². The summed E-state index contributed by atoms with van der Waals surface area (Å²) in [5, 5.41) is 2.98. The molecule has 1 saturated heterocycles. The fourth-order valence-corrected chi connectivity index (χ4v) is 5.15. The molecule has 3 heterocycles. The Labute approximate surface area is 152 Å². The summed E-state index contributed by atoms with van der Waals surface area (Å²) in [5.74, 6) is 2.22. The number of likely N-dealkylation sites (tertiary alicyclic amines) is 1. The fourth-order valence-electron chi connectivity index (χ4n) is 4.38. The van der Waals surface area contributed by atoms with Gasteiger partial charge < -0.3 is 9.15 Å². The summed E-state index contributed by atoms with van der Waals surface area (Å²) >= 11 is 1.60. The van der Waals surface area contributed by atoms with Gasteiger partial charge in [0.15, 0.2) is 10.8 Å². The molecular formula is C19H24N2O3S. The van der Waals surface area contributed by atoms with Gasteiger partial charge in [-0.3, -0.25) is 9.69 Å². The molecule has 6 heteroatoms. The lowest BCUT2D eigenvalue weighted by Gasteiger charge is -2.32. The van der Waals surface area contributed by atoms with Gasteiger partial charge in [0, 0.05) is 18.0 Å². The number of furan rings is 1. The predicted octanol–water partition coefficient (Wildman–Crippen LogP) is 4.02. The predicted molar refractivity (Wildman–Crippen MR) is 96.3 cm³/mol. The van der Waals surface area contributed by atoms with Crippen molar-refractivity contribution in [1.82, 2.24) is 9.88 Å². The lowest BCUT2D eigenvalue weighted by molar-refractivity contribution is -0.146. The summed E-state index contributed by atoms with van der Waals surface area (Å²) in [6, 6.07) is 4.27. The molecule has 5 nitrogen and oxygen atoms in total. The van der Waals surface area contributed by atoms with Gasteiger partial charge >= 0.3 is 5.97 Å². The van der Waals surface area contributed by atoms with Gasteiger partial charge in [-0.15, -0.1) is 11.3 Å². The summed E-state index contributed by atoms with van der Waals surface area (Å²) < 4.78 is 10.7. The quantitative estimate of drug-likeness (QED) is 0.771. The number of carbonyl (C=O) groups is 1. The zero-order chi connectivity index (χ0) is 17.4. The van der Waals surface area contributed by atoms with Crippen LogP contribution in [0.1, 0.15) is 43.6 Å². The topological polar surface area (TPSA) is 55.6 Å². The third kappa shape index (κ3) is 3.25. The number of fused-ring (bicyclic) bond motifs is 1. The molecule has 2 aliphatic rings. The first-order chi connectivity index (χ1) is 12.2. The zero-order valence-corrected chi connectivity index (χ0v) is 15.6. The highest BCUT2D eigenvalue weighted by molar-refractivity contribution is 7.13. The molecule has 0 amide bonds. The molecule has 0 unspecified atom stereocenters. The highest BCUT2D eigenvalue weighted by Crippen LogP contribution is 2.41. The van der Waals surface area contributed by atoms with E-state index in [2.05, 4.69) is 10.3 Å². The van der Waals surface area contributed by atoms with Crippen LogP contribution in [0.4, 0.5) is 0 Å². The van der Waals surface area contributed by atoms with Crippen molar-refractivity contribution in [2.24, 2.45) is 5.92 Å². The second-order valence-corrected chi connectivity index (χ2v) is 7.97. The van der Waals surface area contributed by atoms with Crippen molar-refractivity contribution < 1.29 is 13.9 Å². The number of thiazole rings is 1. The molecule has 1 aliphatic carbocycles. The van der Waals surface area contributed by atoms with Crippen molar-refractivity contribution in [2.75, 3.05) is 7.11 Å². The van der Waals surface area contributed by atoms with Crippen LogP contribution in [0, 0.1) is 12.8 Å². The van der Waals surface area contributed by atoms with Crippen LogP contribution < -0.4 is 0 Å². The minimum Gasteiger partial charge on any atom is -0.468 e. The van der Waals surface area contributed by atoms with Crippen molar-refractivity contribution in [3.05, 3.63) is 29.0 Å². The molecular weight excluding hydrogens is 336 g/mol. The maximum absolute atomic E-state index is 12.3. The monoisotopic (exact) mass is 360 g/mol. The third-order valence-electron chi connectivity index (χ3n) is 5.54. The summed E-state index contributed by atoms with van der Waals surface area (Å²) in [7, 11) is 1.49. The van der Waals surface area contributed by atoms with E-state index in [1.165, 1.54) is 32.8 Å². The maximum Gasteiger partial charge on any atom is 0.323 e. The smallest absolute Gasteiger partial charge is 0.323 e. The lowest BCUT2D eigenvalue weighted by Crippen LogP contribution is -2.42. The number of methoxy groups -OCH3 is 1. The Balaban J connectivity index is 1.55. The van der Waals surface area contributed by atoms with Crippen molar-refractivity contribution in [3.63, 3.8) is 0 Å². The van der Waals surface area contributed by atoms with E-state index in [9.17, 15) is 4.79 Å². The number of esters is 1. The third-order valence-corrected chi connectivity index (χ3v) is 6.45. The molecule has 0 radical (unpaired) electrons. The van der Waals surface area contributed by atoms with E-state index in [4.69, 9.17) is 14.1 Å². The Kier molecular flexibility index (Phi) is 4.65. The van der Waals surface area contributed by atoms with Crippen molar-refractivity contribution in [1.29, 1.82) is 0 Å². The van der Waals surface area contributed by atoms with Crippen LogP contribution in [0.25, 0.3) is 10.8 Å². The molecule has 2 aromatic rings. The number of aryl methyl sites for hydroxylation is 1. The SMILES string of the molecule is COC(=O)[C@@H]1C[C@@H]2CCCC[C@@H]2N1Cc1csc(-c2ccc(C)o2)n1. The molecule has 0 bridgehead atoms. The number of carbonyl (C=O) groups excluding carboxylic acids is 1. The van der Waals surface area contributed by atoms with Crippen LogP contribution in [0.15, 0.2) is 21.9 Å². The first-order valence-corrected chi connectivity index (χ1v) is 9.88. The second-order valence-electron chi connectivity index (χ2n) is 7.11. The normalized spacial score (nSPS) is 26.6. The number of aromatic nitrogens is 1. The minimum atomic E-state index is -0.130. The van der Waals surface area contributed by atoms with Crippen molar-refractivity contribution in [2.45, 2.75) is 57.7 Å². The molecule has 0 spiro atoms. The molecule has 0 aromatic carbocycles. The van der Waals surface area contributed by atoms with E-state index in [0.29, 0.717) is 18.5 Å². The van der Waals surface area contributed by atoms with E-state index in [0.717, 1.165) is 28.6 Å². The number of ether oxygens (including phenoxy) is 1. The van der Waals surface area contributed by atoms with E-state index >= 15 is 0 Å². The number of nitrogens with zero attached hydrogens (tertiary/aromatic N) is 2. The standard InChI is InChI=1S/C19H24N2O3S/c1-12-7-8-17(24-12)18-20-14(11-25-18)10-21-15-6-4-3-5-13(15)9-16(21)19(22)23-2/h7-8,11,13,15-16H,3-6,9-10H2,1-2H3/t13-,15-,16-/m0/s1. The van der Waals surface area contributed by atoms with Crippen molar-refractivity contribution >= 4 is 17.3 Å². The van der Waals surface area contributed by atoms with E-state index in [1.54, 1.807) is 11.3 Å². The first-order valence-electron chi connectivity index (χ1n) is 9.00. The van der Waals surface area contributed by atoms with Gasteiger partial charge in [-0.05, 0) is 44.2 Å². The molecule has 1 aliphatic heterocycles. The van der Waals surface area contributed by atoms with Gasteiger partial charge in [0.1, 0.15) is 11.8 Å². The van der Waals surface area contributed by atoms with E-state index < -0.39 is 0 Å². The van der Waals surface area contributed by atoms with Gasteiger partial charge in [0.05, 0.1) is 12.8 Å². The number of rotatable bonds is 4. The largest absolute Gasteiger partial charge is 0.468 e. The van der Waals surface area contributed by atoms with Gasteiger partial charge in [0.2, 0.25) is 0 Å². The zero-order valence-electron chi connectivity index (χ0n) is 14.7. The number of hydrogen-bond acceptors (Lipinski definition) is 6. The van der Waals surface area contributed by atoms with Gasteiger partial charge in [-0.2, -0.15) is 0 Å². The van der Waals surface area contributed by atoms with E-state index in [-0.39, 0.29) is 12.0 Å². The molecule has 134 valence electrons. The maximum atomic E-state index is 12.3. The van der Waals surface area contributed by atoms with Crippen LogP contribution in [-0.2, 0) is 16.1 Å². The van der Waals surface area contributed by atoms with Crippen LogP contribution >= 0.6 is 11.3 Å². The van der Waals surface area contributed by atoms with Gasteiger partial charge in [-0.1, -0.05) is 12.8 Å². The van der Waals surface area contributed by atoms with Crippen LogP contribution in [0.3, 0.4) is 0 Å². The average Bonchev–Trinajstić information content (AvgIpc) is 3.34. The molecule has 4 rings (SSSR count). The first kappa shape index (κ1) is 16.8. The molecule has 2 fully saturated rings. The molecule has 2 aromatic heterocycles. The van der Waals surface area contributed by atoms with E-state index in [1.807, 2.05) is 19.1 Å². The Hall–Kier alpha value is -1.66. The summed E-state index contributed by atoms with van der Waals surface area (Å²) in [5.41, 5.74) is 1.01. The second kappa shape index (κ2) is 6.92. The van der Waals surface area contributed by atoms with Crippen LogP contribution in [0.2, 0.25) is 0 Å². The summed E-state index contributed by atoms with van der Waals surface area (Å²) in [4.78, 5) is 19.4. The van der Waals surface area contributed by atoms with Crippen molar-refractivity contribution in [3.8, 4) is 10.8 Å². The minimum absolute atomic E-state index is 0.105. The average molecular weight is 360 g/mol. The van der Waals surface area contributed by atoms with Gasteiger partial charge in [-0.25, -0.2) is 4.98 Å². The van der Waals surface area contributed by atoms with Crippen LogP contribution in [-0.4, -0.2) is 35.0 Å². The molecule has 3 atom stereocenters. The Morgan fingerprint density at radius 3 is 3.00 bits per heavy atom. The molecule has 0 N–H and O–H groups in total. The fraction of sp³-hybridized carbons (Fsp3) is 0.579. The van der Waals surface area contributed by atoms with Gasteiger partial charge in [0.25, 0.3) is 0 Å². The highest BCUT2D eigenvalue weighted by Gasteiger charge is 2.45. The Morgan fingerprint density at radius 2 is 2.24 bits per heavy atom. The Morgan fingerprint density at radius 1 is 1.40 bits per heavy atom. The molecule has 25 heavy (non-hydrogen) atoms. The Bertz CT molecular complexity index is 753. The highest BCUT2D eigenvalue weighted by atomic mass is 32.1. The lowest BCUT2D eigenvalue weighted by atomic mass is 9.85. The summed E-state index contributed by atoms with van der Waals surface area (Å²) in [6.45, 7) is 2.64. The number of hydrogen-bond donors (Lipinski definition) is 0. The summed E-state index contributed by atoms with van der Waals surface area (Å²) in [6.07, 6.45) is 5.85. The molecule has 1 saturated carbocycles.